The largest absolute Gasteiger partial charge is 0.241 e. The van der Waals surface area contributed by atoms with Crippen LogP contribution < -0.4 is 4.72 Å². The number of nitrogens with one attached hydrogen (secondary N) is 1. The van der Waals surface area contributed by atoms with Crippen LogP contribution in [0.3, 0.4) is 0 Å². The molecule has 0 spiro atoms. The molecule has 2 aromatic carbocycles. The van der Waals surface area contributed by atoms with E-state index in [0.717, 1.165) is 15.6 Å². The Bertz CT molecular complexity index is 907. The van der Waals surface area contributed by atoms with Crippen LogP contribution in [0.15, 0.2) is 57.9 Å². The minimum atomic E-state index is -3.67. The van der Waals surface area contributed by atoms with E-state index in [4.69, 9.17) is 0 Å². The number of halogens is 1. The van der Waals surface area contributed by atoms with Crippen LogP contribution in [0.5, 0.6) is 0 Å². The van der Waals surface area contributed by atoms with Crippen molar-refractivity contribution in [3.63, 3.8) is 0 Å². The van der Waals surface area contributed by atoms with Gasteiger partial charge in [-0.2, -0.15) is 4.72 Å². The summed E-state index contributed by atoms with van der Waals surface area (Å²) in [6, 6.07) is 13.7. The Balaban J connectivity index is 2.44. The van der Waals surface area contributed by atoms with Gasteiger partial charge in [0.2, 0.25) is 10.0 Å². The quantitative estimate of drug-likeness (QED) is 0.560. The number of rotatable bonds is 4. The summed E-state index contributed by atoms with van der Waals surface area (Å²) in [5.74, 6) is 3.15. The van der Waals surface area contributed by atoms with Gasteiger partial charge in [0.15, 0.2) is 0 Å². The molecular weight excluding hydrogens is 414 g/mol. The van der Waals surface area contributed by atoms with Gasteiger partial charge in [0.25, 0.3) is 0 Å². The first-order chi connectivity index (χ1) is 11.6. The van der Waals surface area contributed by atoms with Crippen molar-refractivity contribution >= 4 is 34.0 Å². The number of hydrogen-bond acceptors (Lipinski definition) is 2. The first-order valence-electron chi connectivity index (χ1n) is 7.95. The van der Waals surface area contributed by atoms with E-state index in [2.05, 4.69) is 51.8 Å². The lowest BCUT2D eigenvalue weighted by molar-refractivity contribution is 0.576. The zero-order chi connectivity index (χ0) is 18.7. The molecule has 0 aliphatic heterocycles. The van der Waals surface area contributed by atoms with Crippen LogP contribution in [0, 0.1) is 18.4 Å². The third-order valence-corrected chi connectivity index (χ3v) is 6.47. The van der Waals surface area contributed by atoms with Crippen LogP contribution in [-0.2, 0) is 10.0 Å². The topological polar surface area (TPSA) is 46.2 Å². The lowest BCUT2D eigenvalue weighted by Crippen LogP contribution is -2.29. The number of hydrogen-bond donors (Lipinski definition) is 1. The molecule has 0 saturated heterocycles. The third-order valence-electron chi connectivity index (χ3n) is 3.41. The molecule has 1 unspecified atom stereocenters. The first kappa shape index (κ1) is 19.9. The molecule has 132 valence electrons. The van der Waals surface area contributed by atoms with E-state index in [-0.39, 0.29) is 4.90 Å². The Morgan fingerprint density at radius 1 is 1.04 bits per heavy atom. The lowest BCUT2D eigenvalue weighted by atomic mass is 10.1. The van der Waals surface area contributed by atoms with Crippen LogP contribution >= 0.6 is 15.9 Å². The van der Waals surface area contributed by atoms with E-state index >= 15 is 0 Å². The number of benzene rings is 2. The minimum Gasteiger partial charge on any atom is -0.207 e. The highest BCUT2D eigenvalue weighted by molar-refractivity contribution is 9.10. The second kappa shape index (κ2) is 7.88. The Morgan fingerprint density at radius 3 is 2.20 bits per heavy atom. The van der Waals surface area contributed by atoms with Gasteiger partial charge in [0, 0.05) is 4.47 Å². The maximum absolute atomic E-state index is 12.8. The molecule has 0 amide bonds. The van der Waals surface area contributed by atoms with E-state index in [1.54, 1.807) is 24.3 Å². The summed E-state index contributed by atoms with van der Waals surface area (Å²) in [6.45, 7) is 8.32. The fourth-order valence-corrected chi connectivity index (χ4v) is 4.33. The molecule has 2 rings (SSSR count). The Hall–Kier alpha value is -1.39. The highest BCUT2D eigenvalue weighted by atomic mass is 79.9. The smallest absolute Gasteiger partial charge is 0.207 e. The fraction of sp³-hybridized carbons (Fsp3) is 0.263. The average molecular weight is 436 g/mol. The molecule has 0 aliphatic carbocycles. The summed E-state index contributed by atoms with van der Waals surface area (Å²) in [5, 5.41) is 0. The normalized spacial score (nSPS) is 13.0. The van der Waals surface area contributed by atoms with E-state index in [1.165, 1.54) is 0 Å². The van der Waals surface area contributed by atoms with E-state index in [9.17, 15) is 8.42 Å². The first-order valence-corrected chi connectivity index (χ1v) is 13.7. The van der Waals surface area contributed by atoms with Gasteiger partial charge in [-0.05, 0) is 30.7 Å². The summed E-state index contributed by atoms with van der Waals surface area (Å²) < 4.78 is 29.1. The molecule has 25 heavy (non-hydrogen) atoms. The molecule has 0 radical (unpaired) electrons. The van der Waals surface area contributed by atoms with E-state index in [1.807, 2.05) is 31.2 Å². The minimum absolute atomic E-state index is 0.241. The molecule has 0 saturated carbocycles. The molecule has 0 aromatic heterocycles. The molecule has 0 fully saturated rings. The molecule has 3 nitrogen and oxygen atoms in total. The van der Waals surface area contributed by atoms with Gasteiger partial charge < -0.3 is 0 Å². The van der Waals surface area contributed by atoms with Crippen molar-refractivity contribution in [3.05, 3.63) is 64.1 Å². The Kier molecular flexibility index (Phi) is 6.28. The number of aryl methyl sites for hydroxylation is 1. The van der Waals surface area contributed by atoms with Crippen LogP contribution in [0.25, 0.3) is 0 Å². The van der Waals surface area contributed by atoms with Crippen molar-refractivity contribution in [3.8, 4) is 11.5 Å². The maximum Gasteiger partial charge on any atom is 0.241 e. The van der Waals surface area contributed by atoms with Crippen molar-refractivity contribution in [2.24, 2.45) is 0 Å². The number of sulfonamides is 1. The maximum atomic E-state index is 12.8. The Morgan fingerprint density at radius 2 is 1.64 bits per heavy atom. The monoisotopic (exact) mass is 435 g/mol. The highest BCUT2D eigenvalue weighted by Gasteiger charge is 2.22. The van der Waals surface area contributed by atoms with Crippen LogP contribution in [0.1, 0.15) is 17.2 Å². The molecule has 0 heterocycles. The lowest BCUT2D eigenvalue weighted by Gasteiger charge is -2.16. The summed E-state index contributed by atoms with van der Waals surface area (Å²) >= 11 is 3.50. The van der Waals surface area contributed by atoms with Gasteiger partial charge >= 0.3 is 0 Å². The second-order valence-corrected chi connectivity index (χ2v) is 14.2. The standard InChI is InChI=1S/C19H22BrNO2SSi/c1-15-9-11-16(12-10-15)24(22,23)21-19(13-14-25(2,3)4)17-7-5-6-8-18(17)20/h5-12,19,21H,1-4H3. The van der Waals surface area contributed by atoms with Crippen molar-refractivity contribution < 1.29 is 8.42 Å². The average Bonchev–Trinajstić information content (AvgIpc) is 2.51. The van der Waals surface area contributed by atoms with E-state index < -0.39 is 24.1 Å². The summed E-state index contributed by atoms with van der Waals surface area (Å²) in [5.41, 5.74) is 5.09. The van der Waals surface area contributed by atoms with Crippen LogP contribution in [0.2, 0.25) is 19.6 Å². The highest BCUT2D eigenvalue weighted by Crippen LogP contribution is 2.25. The molecule has 0 aliphatic rings. The van der Waals surface area contributed by atoms with Gasteiger partial charge in [-0.25, -0.2) is 8.42 Å². The van der Waals surface area contributed by atoms with Crippen molar-refractivity contribution in [2.75, 3.05) is 0 Å². The van der Waals surface area contributed by atoms with Crippen molar-refractivity contribution in [2.45, 2.75) is 37.5 Å². The fourth-order valence-electron chi connectivity index (χ4n) is 2.11. The van der Waals surface area contributed by atoms with Crippen molar-refractivity contribution in [1.82, 2.24) is 4.72 Å². The molecule has 6 heteroatoms. The van der Waals surface area contributed by atoms with E-state index in [0.29, 0.717) is 0 Å². The molecule has 1 atom stereocenters. The summed E-state index contributed by atoms with van der Waals surface area (Å²) in [6.07, 6.45) is 0. The molecular formula is C19H22BrNO2SSi. The zero-order valence-electron chi connectivity index (χ0n) is 14.8. The van der Waals surface area contributed by atoms with Crippen LogP contribution in [0.4, 0.5) is 0 Å². The molecule has 1 N–H and O–H groups in total. The summed E-state index contributed by atoms with van der Waals surface area (Å²) in [7, 11) is -5.31. The van der Waals surface area contributed by atoms with Gasteiger partial charge in [0.05, 0.1) is 4.90 Å². The predicted molar refractivity (Wildman–Crippen MR) is 110 cm³/mol. The molecule has 0 bridgehead atoms. The molecule has 2 aromatic rings. The Labute approximate surface area is 160 Å². The predicted octanol–water partition coefficient (Wildman–Crippen LogP) is 4.66. The summed E-state index contributed by atoms with van der Waals surface area (Å²) in [4.78, 5) is 0.241. The van der Waals surface area contributed by atoms with Gasteiger partial charge in [-0.1, -0.05) is 77.4 Å². The van der Waals surface area contributed by atoms with Gasteiger partial charge in [-0.15, -0.1) is 5.54 Å². The zero-order valence-corrected chi connectivity index (χ0v) is 18.2. The van der Waals surface area contributed by atoms with Crippen molar-refractivity contribution in [1.29, 1.82) is 0 Å². The SMILES string of the molecule is Cc1ccc(S(=O)(=O)NC(C#C[Si](C)(C)C)c2ccccc2Br)cc1. The van der Waals surface area contributed by atoms with Gasteiger partial charge in [-0.3, -0.25) is 0 Å². The third kappa shape index (κ3) is 5.82. The van der Waals surface area contributed by atoms with Crippen LogP contribution in [-0.4, -0.2) is 16.5 Å². The second-order valence-electron chi connectivity index (χ2n) is 6.91. The van der Waals surface area contributed by atoms with Gasteiger partial charge in [0.1, 0.15) is 14.1 Å².